The Morgan fingerprint density at radius 2 is 2.12 bits per heavy atom. The average molecular weight is 255 g/mol. The van der Waals surface area contributed by atoms with Gasteiger partial charge in [-0.3, -0.25) is 9.82 Å². The molecule has 2 N–H and O–H groups in total. The van der Waals surface area contributed by atoms with Crippen molar-refractivity contribution in [1.29, 1.82) is 0 Å². The number of H-pyrrole nitrogens is 1. The summed E-state index contributed by atoms with van der Waals surface area (Å²) in [6.07, 6.45) is 1.32. The largest absolute Gasteiger partial charge is 0.278 e. The molecule has 1 aromatic carbocycles. The van der Waals surface area contributed by atoms with E-state index in [1.165, 1.54) is 24.4 Å². The minimum atomic E-state index is -3.73. The third-order valence-electron chi connectivity index (χ3n) is 2.19. The molecule has 1 aromatic heterocycles. The van der Waals surface area contributed by atoms with Gasteiger partial charge in [0, 0.05) is 0 Å². The van der Waals surface area contributed by atoms with Gasteiger partial charge in [-0.25, -0.2) is 4.39 Å². The predicted molar refractivity (Wildman–Crippen MR) is 60.5 cm³/mol. The Bertz CT molecular complexity index is 623. The summed E-state index contributed by atoms with van der Waals surface area (Å²) >= 11 is 0. The van der Waals surface area contributed by atoms with Gasteiger partial charge in [0.05, 0.1) is 11.9 Å². The van der Waals surface area contributed by atoms with Gasteiger partial charge >= 0.3 is 0 Å². The molecule has 7 heteroatoms. The van der Waals surface area contributed by atoms with Crippen LogP contribution in [0.3, 0.4) is 0 Å². The summed E-state index contributed by atoms with van der Waals surface area (Å²) in [5.41, 5.74) is 0.622. The first-order valence-corrected chi connectivity index (χ1v) is 6.26. The monoisotopic (exact) mass is 255 g/mol. The van der Waals surface area contributed by atoms with Crippen molar-refractivity contribution >= 4 is 15.7 Å². The summed E-state index contributed by atoms with van der Waals surface area (Å²) in [5, 5.41) is 5.80. The number of aromatic nitrogens is 2. The minimum absolute atomic E-state index is 0.0708. The normalized spacial score (nSPS) is 11.4. The first-order valence-electron chi connectivity index (χ1n) is 4.77. The van der Waals surface area contributed by atoms with Crippen LogP contribution < -0.4 is 4.72 Å². The number of halogens is 1. The number of hydrogen-bond donors (Lipinski definition) is 2. The van der Waals surface area contributed by atoms with Gasteiger partial charge in [0.15, 0.2) is 5.03 Å². The number of aromatic amines is 1. The van der Waals surface area contributed by atoms with Crippen LogP contribution >= 0.6 is 0 Å². The van der Waals surface area contributed by atoms with Crippen molar-refractivity contribution in [1.82, 2.24) is 10.2 Å². The summed E-state index contributed by atoms with van der Waals surface area (Å²) < 4.78 is 39.0. The molecule has 0 saturated heterocycles. The Morgan fingerprint density at radius 3 is 2.71 bits per heavy atom. The van der Waals surface area contributed by atoms with Crippen LogP contribution in [0.25, 0.3) is 0 Å². The molecule has 0 atom stereocenters. The van der Waals surface area contributed by atoms with Crippen LogP contribution in [0.5, 0.6) is 0 Å². The fourth-order valence-electron chi connectivity index (χ4n) is 1.26. The molecule has 0 aliphatic heterocycles. The second-order valence-electron chi connectivity index (χ2n) is 3.49. The van der Waals surface area contributed by atoms with Crippen LogP contribution in [0.15, 0.2) is 35.5 Å². The highest BCUT2D eigenvalue weighted by Crippen LogP contribution is 2.17. The standard InChI is InChI=1S/C10H10FN3O2S/c1-7-2-3-8(6-9(7)11)14-17(15,16)10-4-5-12-13-10/h2-6,14H,1H3,(H,12,13). The van der Waals surface area contributed by atoms with Gasteiger partial charge in [-0.2, -0.15) is 13.5 Å². The molecule has 1 heterocycles. The number of nitrogens with zero attached hydrogens (tertiary/aromatic N) is 1. The molecule has 0 spiro atoms. The van der Waals surface area contributed by atoms with E-state index in [1.54, 1.807) is 6.92 Å². The van der Waals surface area contributed by atoms with Crippen molar-refractivity contribution in [3.63, 3.8) is 0 Å². The van der Waals surface area contributed by atoms with E-state index < -0.39 is 15.8 Å². The van der Waals surface area contributed by atoms with Gasteiger partial charge in [0.2, 0.25) is 0 Å². The fourth-order valence-corrected chi connectivity index (χ4v) is 2.22. The molecule has 0 radical (unpaired) electrons. The topological polar surface area (TPSA) is 74.8 Å². The lowest BCUT2D eigenvalue weighted by Crippen LogP contribution is -2.13. The molecule has 2 rings (SSSR count). The maximum atomic E-state index is 13.2. The highest BCUT2D eigenvalue weighted by molar-refractivity contribution is 7.92. The fraction of sp³-hybridized carbons (Fsp3) is 0.100. The highest BCUT2D eigenvalue weighted by Gasteiger charge is 2.15. The van der Waals surface area contributed by atoms with Gasteiger partial charge in [-0.1, -0.05) is 6.07 Å². The molecule has 0 aliphatic carbocycles. The van der Waals surface area contributed by atoms with E-state index >= 15 is 0 Å². The maximum absolute atomic E-state index is 13.2. The number of nitrogens with one attached hydrogen (secondary N) is 2. The summed E-state index contributed by atoms with van der Waals surface area (Å²) in [5.74, 6) is -0.463. The van der Waals surface area contributed by atoms with E-state index in [2.05, 4.69) is 14.9 Å². The SMILES string of the molecule is Cc1ccc(NS(=O)(=O)c2ccn[nH]2)cc1F. The lowest BCUT2D eigenvalue weighted by molar-refractivity contribution is 0.597. The molecule has 0 bridgehead atoms. The number of anilines is 1. The number of hydrogen-bond acceptors (Lipinski definition) is 3. The summed E-state index contributed by atoms with van der Waals surface area (Å²) in [6.45, 7) is 1.60. The van der Waals surface area contributed by atoms with Crippen molar-refractivity contribution in [2.75, 3.05) is 4.72 Å². The second kappa shape index (κ2) is 4.17. The average Bonchev–Trinajstić information content (AvgIpc) is 2.77. The molecule has 5 nitrogen and oxygen atoms in total. The quantitative estimate of drug-likeness (QED) is 0.875. The molecule has 0 amide bonds. The van der Waals surface area contributed by atoms with E-state index in [1.807, 2.05) is 0 Å². The Labute approximate surface area is 97.7 Å². The van der Waals surface area contributed by atoms with E-state index in [9.17, 15) is 12.8 Å². The zero-order chi connectivity index (χ0) is 12.5. The number of benzene rings is 1. The van der Waals surface area contributed by atoms with Crippen molar-refractivity contribution in [3.05, 3.63) is 41.8 Å². The van der Waals surface area contributed by atoms with Crippen LogP contribution in [0.2, 0.25) is 0 Å². The van der Waals surface area contributed by atoms with Crippen molar-refractivity contribution in [2.45, 2.75) is 11.9 Å². The molecular weight excluding hydrogens is 245 g/mol. The van der Waals surface area contributed by atoms with Crippen LogP contribution in [-0.2, 0) is 10.0 Å². The van der Waals surface area contributed by atoms with Crippen molar-refractivity contribution in [2.24, 2.45) is 0 Å². The molecule has 0 saturated carbocycles. The molecular formula is C10H10FN3O2S. The molecule has 0 unspecified atom stereocenters. The summed E-state index contributed by atoms with van der Waals surface area (Å²) in [6, 6.07) is 5.43. The first-order chi connectivity index (χ1) is 7.99. The highest BCUT2D eigenvalue weighted by atomic mass is 32.2. The Morgan fingerprint density at radius 1 is 1.35 bits per heavy atom. The predicted octanol–water partition coefficient (Wildman–Crippen LogP) is 1.66. The van der Waals surface area contributed by atoms with Gasteiger partial charge in [-0.05, 0) is 30.7 Å². The maximum Gasteiger partial charge on any atom is 0.278 e. The lowest BCUT2D eigenvalue weighted by Gasteiger charge is -2.06. The van der Waals surface area contributed by atoms with Gasteiger partial charge in [0.25, 0.3) is 10.0 Å². The van der Waals surface area contributed by atoms with Gasteiger partial charge in [0.1, 0.15) is 5.82 Å². The molecule has 17 heavy (non-hydrogen) atoms. The minimum Gasteiger partial charge on any atom is -0.278 e. The summed E-state index contributed by atoms with van der Waals surface area (Å²) in [7, 11) is -3.73. The number of rotatable bonds is 3. The van der Waals surface area contributed by atoms with E-state index in [4.69, 9.17) is 0 Å². The lowest BCUT2D eigenvalue weighted by atomic mass is 10.2. The summed E-state index contributed by atoms with van der Waals surface area (Å²) in [4.78, 5) is 0. The van der Waals surface area contributed by atoms with E-state index in [0.29, 0.717) is 5.56 Å². The molecule has 0 fully saturated rings. The Balaban J connectivity index is 2.30. The smallest absolute Gasteiger partial charge is 0.278 e. The third-order valence-corrected chi connectivity index (χ3v) is 3.50. The number of sulfonamides is 1. The molecule has 0 aliphatic rings. The Kier molecular flexibility index (Phi) is 2.84. The van der Waals surface area contributed by atoms with Gasteiger partial charge < -0.3 is 0 Å². The zero-order valence-corrected chi connectivity index (χ0v) is 9.75. The van der Waals surface area contributed by atoms with Crippen LogP contribution in [0, 0.1) is 12.7 Å². The van der Waals surface area contributed by atoms with E-state index in [-0.39, 0.29) is 10.7 Å². The molecule has 2 aromatic rings. The second-order valence-corrected chi connectivity index (χ2v) is 5.14. The van der Waals surface area contributed by atoms with Crippen molar-refractivity contribution < 1.29 is 12.8 Å². The van der Waals surface area contributed by atoms with Gasteiger partial charge in [-0.15, -0.1) is 0 Å². The first kappa shape index (κ1) is 11.6. The van der Waals surface area contributed by atoms with E-state index in [0.717, 1.165) is 6.07 Å². The van der Waals surface area contributed by atoms with Crippen LogP contribution in [0.1, 0.15) is 5.56 Å². The zero-order valence-electron chi connectivity index (χ0n) is 8.94. The number of aryl methyl sites for hydroxylation is 1. The van der Waals surface area contributed by atoms with Crippen LogP contribution in [-0.4, -0.2) is 18.6 Å². The third kappa shape index (κ3) is 2.44. The van der Waals surface area contributed by atoms with Crippen LogP contribution in [0.4, 0.5) is 10.1 Å². The molecule has 90 valence electrons. The van der Waals surface area contributed by atoms with Crippen molar-refractivity contribution in [3.8, 4) is 0 Å². The Hall–Kier alpha value is -1.89.